The van der Waals surface area contributed by atoms with Gasteiger partial charge in [-0.2, -0.15) is 13.2 Å². The topological polar surface area (TPSA) is 75.4 Å². The van der Waals surface area contributed by atoms with Crippen LogP contribution in [0.1, 0.15) is 80.7 Å². The second-order valence-electron chi connectivity index (χ2n) is 11.7. The average Bonchev–Trinajstić information content (AvgIpc) is 3.55. The smallest absolute Gasteiger partial charge is 0.353 e. The van der Waals surface area contributed by atoms with Crippen LogP contribution < -0.4 is 10.6 Å². The number of amides is 1. The van der Waals surface area contributed by atoms with Crippen molar-refractivity contribution in [1.29, 1.82) is 0 Å². The van der Waals surface area contributed by atoms with E-state index in [9.17, 15) is 18.0 Å². The van der Waals surface area contributed by atoms with Crippen LogP contribution in [0.4, 0.5) is 19.0 Å². The Morgan fingerprint density at radius 3 is 2.32 bits per heavy atom. The Morgan fingerprint density at radius 2 is 1.73 bits per heavy atom. The van der Waals surface area contributed by atoms with Gasteiger partial charge in [0.15, 0.2) is 0 Å². The number of fused-ring (bicyclic) bond motifs is 2. The molecule has 1 aromatic heterocycles. The summed E-state index contributed by atoms with van der Waals surface area (Å²) in [6.45, 7) is 6.36. The Hall–Kier alpha value is -2.68. The van der Waals surface area contributed by atoms with Crippen molar-refractivity contribution in [3.8, 4) is 0 Å². The number of carbonyl (C=O) groups excluding carboxylic acids is 1. The first-order chi connectivity index (χ1) is 17.5. The van der Waals surface area contributed by atoms with Gasteiger partial charge in [-0.25, -0.2) is 9.97 Å². The Balaban J connectivity index is 1.29. The monoisotopic (exact) mass is 515 g/mol. The lowest BCUT2D eigenvalue weighted by molar-refractivity contribution is -0.137. The number of rotatable bonds is 7. The number of hydrogen-bond donors (Lipinski definition) is 1. The lowest BCUT2D eigenvalue weighted by Crippen LogP contribution is -2.50. The number of alkyl halides is 3. The summed E-state index contributed by atoms with van der Waals surface area (Å²) in [7, 11) is 0. The van der Waals surface area contributed by atoms with Gasteiger partial charge in [-0.15, -0.1) is 0 Å². The first-order valence-corrected chi connectivity index (χ1v) is 13.3. The molecule has 5 rings (SSSR count). The van der Waals surface area contributed by atoms with Gasteiger partial charge in [-0.05, 0) is 70.1 Å². The Morgan fingerprint density at radius 1 is 1.05 bits per heavy atom. The molecule has 1 aromatic carbocycles. The largest absolute Gasteiger partial charge is 0.416 e. The molecule has 3 aliphatic rings. The quantitative estimate of drug-likeness (QED) is 0.573. The van der Waals surface area contributed by atoms with E-state index in [0.29, 0.717) is 38.2 Å². The van der Waals surface area contributed by atoms with Crippen molar-refractivity contribution in [2.45, 2.75) is 81.8 Å². The van der Waals surface area contributed by atoms with Crippen LogP contribution in [0.3, 0.4) is 0 Å². The van der Waals surface area contributed by atoms with Crippen molar-refractivity contribution < 1.29 is 18.0 Å². The van der Waals surface area contributed by atoms with Crippen LogP contribution in [0.5, 0.6) is 0 Å². The van der Waals surface area contributed by atoms with Crippen LogP contribution in [0.2, 0.25) is 0 Å². The predicted molar refractivity (Wildman–Crippen MR) is 136 cm³/mol. The molecule has 2 aromatic rings. The molecular weight excluding hydrogens is 479 g/mol. The van der Waals surface area contributed by atoms with Gasteiger partial charge < -0.3 is 15.5 Å². The van der Waals surface area contributed by atoms with Crippen molar-refractivity contribution in [3.63, 3.8) is 0 Å². The molecule has 2 heterocycles. The number of nitrogens with two attached hydrogens (primary N) is 1. The third-order valence-corrected chi connectivity index (χ3v) is 8.27. The highest BCUT2D eigenvalue weighted by Crippen LogP contribution is 2.58. The molecule has 1 aliphatic heterocycles. The fourth-order valence-electron chi connectivity index (χ4n) is 5.98. The average molecular weight is 516 g/mol. The maximum atomic E-state index is 13.7. The van der Waals surface area contributed by atoms with E-state index in [-0.39, 0.29) is 16.9 Å². The van der Waals surface area contributed by atoms with Gasteiger partial charge in [0.1, 0.15) is 12.1 Å². The summed E-state index contributed by atoms with van der Waals surface area (Å²) in [5.41, 5.74) is 8.46. The second-order valence-corrected chi connectivity index (χ2v) is 11.7. The molecule has 1 saturated heterocycles. The Kier molecular flexibility index (Phi) is 6.71. The SMILES string of the molecule is CC(C)(N)CCC[C@@H](C(=O)N1CCN(c2ncnc3c2C2(CC3)CC2)CC1)c1ccc(C(F)(F)F)cc1. The second kappa shape index (κ2) is 9.57. The zero-order valence-electron chi connectivity index (χ0n) is 21.7. The fraction of sp³-hybridized carbons (Fsp3) is 0.607. The van der Waals surface area contributed by atoms with E-state index in [4.69, 9.17) is 5.73 Å². The third kappa shape index (κ3) is 5.47. The van der Waals surface area contributed by atoms with E-state index in [0.717, 1.165) is 43.6 Å². The molecule has 1 spiro atoms. The summed E-state index contributed by atoms with van der Waals surface area (Å²) in [5, 5.41) is 0. The summed E-state index contributed by atoms with van der Waals surface area (Å²) in [6, 6.07) is 5.05. The van der Waals surface area contributed by atoms with E-state index in [1.54, 1.807) is 6.33 Å². The molecule has 2 fully saturated rings. The van der Waals surface area contributed by atoms with Crippen molar-refractivity contribution in [2.75, 3.05) is 31.1 Å². The normalized spacial score (nSPS) is 19.7. The minimum Gasteiger partial charge on any atom is -0.353 e. The molecule has 6 nitrogen and oxygen atoms in total. The maximum absolute atomic E-state index is 13.7. The van der Waals surface area contributed by atoms with Crippen molar-refractivity contribution in [2.24, 2.45) is 5.73 Å². The predicted octanol–water partition coefficient (Wildman–Crippen LogP) is 4.81. The van der Waals surface area contributed by atoms with Crippen LogP contribution >= 0.6 is 0 Å². The number of aromatic nitrogens is 2. The standard InChI is InChI=1S/C28H36F3N5O/c1-26(2,32)10-3-4-21(19-5-7-20(8-6-19)28(29,30)31)25(37)36-16-14-35(15-17-36)24-23-22(33-18-34-24)9-11-27(23)12-13-27/h5-8,18,21H,3-4,9-17,32H2,1-2H3/t21-/m1/s1. The van der Waals surface area contributed by atoms with Gasteiger partial charge in [-0.3, -0.25) is 4.79 Å². The molecule has 1 amide bonds. The molecule has 2 aliphatic carbocycles. The van der Waals surface area contributed by atoms with Gasteiger partial charge in [0, 0.05) is 48.4 Å². The highest BCUT2D eigenvalue weighted by atomic mass is 19.4. The summed E-state index contributed by atoms with van der Waals surface area (Å²) in [4.78, 5) is 27.0. The van der Waals surface area contributed by atoms with E-state index >= 15 is 0 Å². The summed E-state index contributed by atoms with van der Waals surface area (Å²) in [5.74, 6) is 0.506. The first-order valence-electron chi connectivity index (χ1n) is 13.3. The summed E-state index contributed by atoms with van der Waals surface area (Å²) in [6.07, 6.45) is 3.82. The summed E-state index contributed by atoms with van der Waals surface area (Å²) < 4.78 is 39.3. The molecule has 0 bridgehead atoms. The van der Waals surface area contributed by atoms with Crippen LogP contribution in [-0.2, 0) is 22.8 Å². The summed E-state index contributed by atoms with van der Waals surface area (Å²) >= 11 is 0. The highest BCUT2D eigenvalue weighted by molar-refractivity contribution is 5.84. The van der Waals surface area contributed by atoms with E-state index in [1.165, 1.54) is 36.2 Å². The van der Waals surface area contributed by atoms with Gasteiger partial charge in [-0.1, -0.05) is 18.6 Å². The molecule has 9 heteroatoms. The number of carbonyl (C=O) groups is 1. The number of hydrogen-bond acceptors (Lipinski definition) is 5. The molecule has 200 valence electrons. The number of anilines is 1. The van der Waals surface area contributed by atoms with E-state index in [1.807, 2.05) is 18.7 Å². The van der Waals surface area contributed by atoms with Crippen LogP contribution in [-0.4, -0.2) is 52.5 Å². The molecule has 0 radical (unpaired) electrons. The van der Waals surface area contributed by atoms with Gasteiger partial charge in [0.25, 0.3) is 0 Å². The number of aryl methyl sites for hydroxylation is 1. The van der Waals surface area contributed by atoms with Crippen molar-refractivity contribution in [1.82, 2.24) is 14.9 Å². The van der Waals surface area contributed by atoms with Crippen molar-refractivity contribution in [3.05, 3.63) is 53.0 Å². The van der Waals surface area contributed by atoms with Gasteiger partial charge in [0.2, 0.25) is 5.91 Å². The maximum Gasteiger partial charge on any atom is 0.416 e. The highest BCUT2D eigenvalue weighted by Gasteiger charge is 2.51. The molecule has 1 atom stereocenters. The lowest BCUT2D eigenvalue weighted by Gasteiger charge is -2.38. The van der Waals surface area contributed by atoms with Crippen LogP contribution in [0.25, 0.3) is 0 Å². The zero-order valence-corrected chi connectivity index (χ0v) is 21.7. The van der Waals surface area contributed by atoms with Gasteiger partial charge in [0.05, 0.1) is 11.5 Å². The molecule has 37 heavy (non-hydrogen) atoms. The molecule has 0 unspecified atom stereocenters. The molecular formula is C28H36F3N5O. The Bertz CT molecular complexity index is 1130. The number of nitrogens with zero attached hydrogens (tertiary/aromatic N) is 4. The number of piperazine rings is 1. The minimum atomic E-state index is -4.40. The fourth-order valence-corrected chi connectivity index (χ4v) is 5.98. The van der Waals surface area contributed by atoms with Crippen molar-refractivity contribution >= 4 is 11.7 Å². The zero-order chi connectivity index (χ0) is 26.4. The van der Waals surface area contributed by atoms with Crippen LogP contribution in [0.15, 0.2) is 30.6 Å². The molecule has 2 N–H and O–H groups in total. The number of halogens is 3. The number of benzene rings is 1. The first kappa shape index (κ1) is 25.9. The lowest BCUT2D eigenvalue weighted by atomic mass is 9.88. The Labute approximate surface area is 216 Å². The van der Waals surface area contributed by atoms with Gasteiger partial charge >= 0.3 is 6.18 Å². The van der Waals surface area contributed by atoms with E-state index in [2.05, 4.69) is 14.9 Å². The van der Waals surface area contributed by atoms with E-state index < -0.39 is 17.7 Å². The minimum absolute atomic E-state index is 0.0270. The van der Waals surface area contributed by atoms with Crippen LogP contribution in [0, 0.1) is 0 Å². The molecule has 1 saturated carbocycles. The third-order valence-electron chi connectivity index (χ3n) is 8.27.